The molecule has 1 heterocycles. The number of carbonyl (C=O) groups is 2. The van der Waals surface area contributed by atoms with Gasteiger partial charge in [-0.3, -0.25) is 13.9 Å². The molecule has 2 amide bonds. The molecular weight excluding hydrogens is 414 g/mol. The van der Waals surface area contributed by atoms with Crippen LogP contribution in [0.15, 0.2) is 60.7 Å². The molecule has 0 aliphatic carbocycles. The van der Waals surface area contributed by atoms with Crippen LogP contribution in [-0.2, 0) is 14.8 Å². The summed E-state index contributed by atoms with van der Waals surface area (Å²) < 4.78 is 24.6. The fourth-order valence-corrected chi connectivity index (χ4v) is 4.29. The SMILES string of the molecule is CN(c1cccc(NC(=O)CCCN2C(=O)c3cccc4cccc2c34)c1)S(C)(=O)=O. The van der Waals surface area contributed by atoms with Crippen molar-refractivity contribution in [3.05, 3.63) is 66.2 Å². The molecule has 7 nitrogen and oxygen atoms in total. The van der Waals surface area contributed by atoms with E-state index in [0.717, 1.165) is 27.0 Å². The van der Waals surface area contributed by atoms with Gasteiger partial charge in [-0.05, 0) is 42.1 Å². The highest BCUT2D eigenvalue weighted by atomic mass is 32.2. The third kappa shape index (κ3) is 4.11. The number of hydrogen-bond donors (Lipinski definition) is 1. The molecule has 160 valence electrons. The average Bonchev–Trinajstić information content (AvgIpc) is 3.01. The number of nitrogens with zero attached hydrogens (tertiary/aromatic N) is 2. The van der Waals surface area contributed by atoms with E-state index in [-0.39, 0.29) is 18.2 Å². The molecule has 0 saturated carbocycles. The molecule has 0 aromatic heterocycles. The first-order valence-electron chi connectivity index (χ1n) is 9.93. The second-order valence-electron chi connectivity index (χ2n) is 7.57. The molecular formula is C23H23N3O4S. The van der Waals surface area contributed by atoms with E-state index in [2.05, 4.69) is 5.32 Å². The molecule has 1 N–H and O–H groups in total. The van der Waals surface area contributed by atoms with E-state index in [9.17, 15) is 18.0 Å². The molecule has 0 spiro atoms. The van der Waals surface area contributed by atoms with Crippen LogP contribution in [0.3, 0.4) is 0 Å². The molecule has 0 fully saturated rings. The minimum absolute atomic E-state index is 0.0382. The number of rotatable bonds is 7. The van der Waals surface area contributed by atoms with Crippen LogP contribution < -0.4 is 14.5 Å². The first kappa shape index (κ1) is 20.9. The van der Waals surface area contributed by atoms with Gasteiger partial charge in [0.05, 0.1) is 17.6 Å². The van der Waals surface area contributed by atoms with Crippen molar-refractivity contribution in [3.8, 4) is 0 Å². The van der Waals surface area contributed by atoms with E-state index in [1.165, 1.54) is 7.05 Å². The Bertz CT molecular complexity index is 1280. The average molecular weight is 438 g/mol. The Labute approximate surface area is 181 Å². The normalized spacial score (nSPS) is 13.0. The summed E-state index contributed by atoms with van der Waals surface area (Å²) >= 11 is 0. The highest BCUT2D eigenvalue weighted by Crippen LogP contribution is 2.37. The van der Waals surface area contributed by atoms with Crippen LogP contribution in [0.1, 0.15) is 23.2 Å². The van der Waals surface area contributed by atoms with Crippen LogP contribution in [0.25, 0.3) is 10.8 Å². The van der Waals surface area contributed by atoms with Crippen LogP contribution in [0.5, 0.6) is 0 Å². The highest BCUT2D eigenvalue weighted by Gasteiger charge is 2.29. The predicted octanol–water partition coefficient (Wildman–Crippen LogP) is 3.61. The third-order valence-corrected chi connectivity index (χ3v) is 6.63. The lowest BCUT2D eigenvalue weighted by molar-refractivity contribution is -0.116. The molecule has 1 aliphatic heterocycles. The predicted molar refractivity (Wildman–Crippen MR) is 123 cm³/mol. The van der Waals surface area contributed by atoms with Crippen molar-refractivity contribution in [2.24, 2.45) is 0 Å². The summed E-state index contributed by atoms with van der Waals surface area (Å²) in [5.74, 6) is -0.231. The van der Waals surface area contributed by atoms with Crippen LogP contribution in [0, 0.1) is 0 Å². The maximum absolute atomic E-state index is 12.8. The Morgan fingerprint density at radius 3 is 2.52 bits per heavy atom. The zero-order valence-electron chi connectivity index (χ0n) is 17.3. The maximum atomic E-state index is 12.8. The van der Waals surface area contributed by atoms with Gasteiger partial charge in [0.1, 0.15) is 0 Å². The number of hydrogen-bond acceptors (Lipinski definition) is 4. The summed E-state index contributed by atoms with van der Waals surface area (Å²) in [6.45, 7) is 0.441. The van der Waals surface area contributed by atoms with Crippen molar-refractivity contribution in [1.82, 2.24) is 0 Å². The topological polar surface area (TPSA) is 86.8 Å². The van der Waals surface area contributed by atoms with Crippen molar-refractivity contribution in [2.75, 3.05) is 34.4 Å². The lowest BCUT2D eigenvalue weighted by atomic mass is 10.1. The number of benzene rings is 3. The number of carbonyl (C=O) groups excluding carboxylic acids is 2. The van der Waals surface area contributed by atoms with Gasteiger partial charge in [-0.1, -0.05) is 30.3 Å². The van der Waals surface area contributed by atoms with Crippen molar-refractivity contribution >= 4 is 49.7 Å². The maximum Gasteiger partial charge on any atom is 0.258 e. The second-order valence-corrected chi connectivity index (χ2v) is 9.58. The lowest BCUT2D eigenvalue weighted by Gasteiger charge is -2.18. The number of anilines is 3. The molecule has 4 rings (SSSR count). The number of sulfonamides is 1. The minimum Gasteiger partial charge on any atom is -0.326 e. The van der Waals surface area contributed by atoms with E-state index < -0.39 is 10.0 Å². The monoisotopic (exact) mass is 437 g/mol. The van der Waals surface area contributed by atoms with Crippen LogP contribution >= 0.6 is 0 Å². The van der Waals surface area contributed by atoms with Gasteiger partial charge in [-0.25, -0.2) is 8.42 Å². The smallest absolute Gasteiger partial charge is 0.258 e. The van der Waals surface area contributed by atoms with E-state index in [4.69, 9.17) is 0 Å². The first-order chi connectivity index (χ1) is 14.8. The molecule has 0 saturated heterocycles. The minimum atomic E-state index is -3.39. The van der Waals surface area contributed by atoms with Crippen LogP contribution in [-0.4, -0.2) is 40.1 Å². The van der Waals surface area contributed by atoms with Crippen molar-refractivity contribution < 1.29 is 18.0 Å². The number of amides is 2. The van der Waals surface area contributed by atoms with Gasteiger partial charge in [0.2, 0.25) is 15.9 Å². The molecule has 1 aliphatic rings. The molecule has 3 aromatic carbocycles. The largest absolute Gasteiger partial charge is 0.326 e. The van der Waals surface area contributed by atoms with Gasteiger partial charge >= 0.3 is 0 Å². The summed E-state index contributed by atoms with van der Waals surface area (Å²) in [4.78, 5) is 26.9. The Morgan fingerprint density at radius 1 is 1.06 bits per heavy atom. The second kappa shape index (κ2) is 8.03. The van der Waals surface area contributed by atoms with Gasteiger partial charge in [0.25, 0.3) is 5.91 Å². The Morgan fingerprint density at radius 2 is 1.77 bits per heavy atom. The first-order valence-corrected chi connectivity index (χ1v) is 11.8. The zero-order chi connectivity index (χ0) is 22.2. The van der Waals surface area contributed by atoms with Gasteiger partial charge in [-0.2, -0.15) is 0 Å². The molecule has 0 atom stereocenters. The standard InChI is InChI=1S/C23H23N3O4S/c1-25(31(2,29)30)18-10-5-9-17(15-18)24-21(27)13-6-14-26-20-12-4-8-16-7-3-11-19(22(16)20)23(26)28/h3-5,7-12,15H,6,13-14H2,1-2H3,(H,24,27). The summed E-state index contributed by atoms with van der Waals surface area (Å²) in [6, 6.07) is 18.2. The van der Waals surface area contributed by atoms with Crippen LogP contribution in [0.4, 0.5) is 17.1 Å². The lowest BCUT2D eigenvalue weighted by Crippen LogP contribution is -2.28. The zero-order valence-corrected chi connectivity index (χ0v) is 18.1. The van der Waals surface area contributed by atoms with Gasteiger partial charge in [0, 0.05) is 36.7 Å². The van der Waals surface area contributed by atoms with E-state index in [1.54, 1.807) is 29.2 Å². The van der Waals surface area contributed by atoms with E-state index in [0.29, 0.717) is 29.9 Å². The summed E-state index contributed by atoms with van der Waals surface area (Å²) in [7, 11) is -1.93. The van der Waals surface area contributed by atoms with Gasteiger partial charge in [-0.15, -0.1) is 0 Å². The quantitative estimate of drug-likeness (QED) is 0.612. The third-order valence-electron chi connectivity index (χ3n) is 5.43. The molecule has 0 radical (unpaired) electrons. The van der Waals surface area contributed by atoms with Crippen molar-refractivity contribution in [3.63, 3.8) is 0 Å². The Kier molecular flexibility index (Phi) is 5.41. The molecule has 0 bridgehead atoms. The fourth-order valence-electron chi connectivity index (χ4n) is 3.79. The van der Waals surface area contributed by atoms with Crippen molar-refractivity contribution in [2.45, 2.75) is 12.8 Å². The van der Waals surface area contributed by atoms with Crippen LogP contribution in [0.2, 0.25) is 0 Å². The molecule has 0 unspecified atom stereocenters. The van der Waals surface area contributed by atoms with Gasteiger partial charge < -0.3 is 10.2 Å². The Hall–Kier alpha value is -3.39. The summed E-state index contributed by atoms with van der Waals surface area (Å²) in [5.41, 5.74) is 2.57. The highest BCUT2D eigenvalue weighted by molar-refractivity contribution is 7.92. The Balaban J connectivity index is 1.38. The summed E-state index contributed by atoms with van der Waals surface area (Å²) in [6.07, 6.45) is 1.86. The van der Waals surface area contributed by atoms with E-state index in [1.807, 2.05) is 36.4 Å². The molecule has 31 heavy (non-hydrogen) atoms. The van der Waals surface area contributed by atoms with E-state index >= 15 is 0 Å². The molecule has 8 heteroatoms. The summed E-state index contributed by atoms with van der Waals surface area (Å²) in [5, 5.41) is 4.79. The van der Waals surface area contributed by atoms with Gasteiger partial charge in [0.15, 0.2) is 0 Å². The van der Waals surface area contributed by atoms with Crippen molar-refractivity contribution in [1.29, 1.82) is 0 Å². The fraction of sp³-hybridized carbons (Fsp3) is 0.217. The number of nitrogens with one attached hydrogen (secondary N) is 1. The molecule has 3 aromatic rings.